The second kappa shape index (κ2) is 9.92. The van der Waals surface area contributed by atoms with Crippen LogP contribution in [-0.4, -0.2) is 48.9 Å². The summed E-state index contributed by atoms with van der Waals surface area (Å²) in [5.41, 5.74) is 1.99. The van der Waals surface area contributed by atoms with Crippen LogP contribution in [0.3, 0.4) is 0 Å². The lowest BCUT2D eigenvalue weighted by Crippen LogP contribution is -2.42. The van der Waals surface area contributed by atoms with Gasteiger partial charge in [0.1, 0.15) is 5.75 Å². The van der Waals surface area contributed by atoms with Gasteiger partial charge in [-0.05, 0) is 30.5 Å². The van der Waals surface area contributed by atoms with E-state index in [-0.39, 0.29) is 17.7 Å². The highest BCUT2D eigenvalue weighted by Crippen LogP contribution is 2.23. The molecule has 2 aromatic rings. The first-order chi connectivity index (χ1) is 14.1. The Labute approximate surface area is 172 Å². The van der Waals surface area contributed by atoms with Gasteiger partial charge in [-0.2, -0.15) is 0 Å². The van der Waals surface area contributed by atoms with Gasteiger partial charge in [0, 0.05) is 44.2 Å². The van der Waals surface area contributed by atoms with Crippen LogP contribution in [0.2, 0.25) is 0 Å². The normalized spacial score (nSPS) is 14.8. The lowest BCUT2D eigenvalue weighted by molar-refractivity contribution is -0.138. The average molecular weight is 392 g/mol. The largest absolute Gasteiger partial charge is 0.496 e. The molecule has 29 heavy (non-hydrogen) atoms. The summed E-state index contributed by atoms with van der Waals surface area (Å²) in [6.07, 6.45) is 4.84. The van der Waals surface area contributed by atoms with E-state index in [0.717, 1.165) is 16.9 Å². The van der Waals surface area contributed by atoms with Crippen molar-refractivity contribution in [3.05, 3.63) is 71.8 Å². The maximum Gasteiger partial charge on any atom is 0.246 e. The average Bonchev–Trinajstić information content (AvgIpc) is 2.78. The van der Waals surface area contributed by atoms with Crippen LogP contribution in [0.1, 0.15) is 24.0 Å². The highest BCUT2D eigenvalue weighted by atomic mass is 16.5. The van der Waals surface area contributed by atoms with Gasteiger partial charge in [-0.25, -0.2) is 0 Å². The van der Waals surface area contributed by atoms with Crippen LogP contribution in [0.25, 0.3) is 6.08 Å². The SMILES string of the molecule is COc1ccccc1CN(C)C(=O)C1CCN(C(=O)/C=C/c2ccccc2)CC1. The minimum atomic E-state index is -0.0446. The minimum absolute atomic E-state index is 0.00197. The van der Waals surface area contributed by atoms with Gasteiger partial charge in [0.15, 0.2) is 0 Å². The van der Waals surface area contributed by atoms with Crippen LogP contribution in [0.15, 0.2) is 60.7 Å². The monoisotopic (exact) mass is 392 g/mol. The molecule has 5 nitrogen and oxygen atoms in total. The van der Waals surface area contributed by atoms with Crippen LogP contribution in [0.4, 0.5) is 0 Å². The number of nitrogens with zero attached hydrogens (tertiary/aromatic N) is 2. The van der Waals surface area contributed by atoms with Crippen LogP contribution in [0.5, 0.6) is 5.75 Å². The number of para-hydroxylation sites is 1. The molecule has 0 atom stereocenters. The van der Waals surface area contributed by atoms with Gasteiger partial charge in [0.05, 0.1) is 7.11 Å². The van der Waals surface area contributed by atoms with Crippen molar-refractivity contribution in [2.75, 3.05) is 27.2 Å². The third-order valence-corrected chi connectivity index (χ3v) is 5.35. The van der Waals surface area contributed by atoms with E-state index in [0.29, 0.717) is 32.5 Å². The molecule has 2 amide bonds. The van der Waals surface area contributed by atoms with Gasteiger partial charge < -0.3 is 14.5 Å². The Morgan fingerprint density at radius 3 is 2.41 bits per heavy atom. The van der Waals surface area contributed by atoms with Gasteiger partial charge in [0.2, 0.25) is 11.8 Å². The Bertz CT molecular complexity index is 855. The fourth-order valence-corrected chi connectivity index (χ4v) is 3.66. The molecule has 0 bridgehead atoms. The second-order valence-corrected chi connectivity index (χ2v) is 7.35. The first kappa shape index (κ1) is 20.6. The molecule has 0 radical (unpaired) electrons. The maximum absolute atomic E-state index is 12.9. The van der Waals surface area contributed by atoms with Crippen molar-refractivity contribution < 1.29 is 14.3 Å². The molecule has 152 valence electrons. The Kier molecular flexibility index (Phi) is 7.06. The smallest absolute Gasteiger partial charge is 0.246 e. The molecular formula is C24H28N2O3. The number of amides is 2. The molecule has 0 aliphatic carbocycles. The van der Waals surface area contributed by atoms with E-state index >= 15 is 0 Å². The van der Waals surface area contributed by atoms with Crippen LogP contribution in [0, 0.1) is 5.92 Å². The summed E-state index contributed by atoms with van der Waals surface area (Å²) < 4.78 is 5.38. The second-order valence-electron chi connectivity index (χ2n) is 7.35. The zero-order chi connectivity index (χ0) is 20.6. The summed E-state index contributed by atoms with van der Waals surface area (Å²) in [5.74, 6) is 0.875. The molecule has 2 aromatic carbocycles. The zero-order valence-corrected chi connectivity index (χ0v) is 17.1. The Morgan fingerprint density at radius 2 is 1.72 bits per heavy atom. The zero-order valence-electron chi connectivity index (χ0n) is 17.1. The molecule has 1 saturated heterocycles. The summed E-state index contributed by atoms with van der Waals surface area (Å²) >= 11 is 0. The number of hydrogen-bond acceptors (Lipinski definition) is 3. The molecule has 0 unspecified atom stereocenters. The van der Waals surface area contributed by atoms with E-state index < -0.39 is 0 Å². The molecule has 1 aliphatic heterocycles. The number of piperidine rings is 1. The van der Waals surface area contributed by atoms with Gasteiger partial charge in [0.25, 0.3) is 0 Å². The Balaban J connectivity index is 1.51. The van der Waals surface area contributed by atoms with Crippen molar-refractivity contribution in [2.45, 2.75) is 19.4 Å². The molecule has 0 N–H and O–H groups in total. The number of hydrogen-bond donors (Lipinski definition) is 0. The number of ether oxygens (including phenoxy) is 1. The van der Waals surface area contributed by atoms with Gasteiger partial charge in [-0.15, -0.1) is 0 Å². The van der Waals surface area contributed by atoms with E-state index in [9.17, 15) is 9.59 Å². The first-order valence-electron chi connectivity index (χ1n) is 9.97. The number of methoxy groups -OCH3 is 1. The highest BCUT2D eigenvalue weighted by molar-refractivity contribution is 5.92. The van der Waals surface area contributed by atoms with E-state index in [1.165, 1.54) is 0 Å². The van der Waals surface area contributed by atoms with Gasteiger partial charge in [-0.1, -0.05) is 48.5 Å². The van der Waals surface area contributed by atoms with Crippen LogP contribution in [-0.2, 0) is 16.1 Å². The number of carbonyl (C=O) groups excluding carboxylic acids is 2. The summed E-state index contributed by atoms with van der Waals surface area (Å²) in [6, 6.07) is 17.5. The minimum Gasteiger partial charge on any atom is -0.496 e. The molecular weight excluding hydrogens is 364 g/mol. The van der Waals surface area contributed by atoms with Crippen LogP contribution >= 0.6 is 0 Å². The van der Waals surface area contributed by atoms with Crippen molar-refractivity contribution in [3.63, 3.8) is 0 Å². The predicted molar refractivity (Wildman–Crippen MR) is 114 cm³/mol. The number of benzene rings is 2. The number of likely N-dealkylation sites (tertiary alicyclic amines) is 1. The van der Waals surface area contributed by atoms with Crippen LogP contribution < -0.4 is 4.74 Å². The third-order valence-electron chi connectivity index (χ3n) is 5.35. The van der Waals surface area contributed by atoms with Crippen molar-refractivity contribution in [1.29, 1.82) is 0 Å². The molecule has 1 heterocycles. The lowest BCUT2D eigenvalue weighted by Gasteiger charge is -2.32. The Hall–Kier alpha value is -3.08. The quantitative estimate of drug-likeness (QED) is 0.706. The molecule has 1 aliphatic rings. The molecule has 3 rings (SSSR count). The maximum atomic E-state index is 12.9. The third kappa shape index (κ3) is 5.47. The van der Waals surface area contributed by atoms with Gasteiger partial charge in [-0.3, -0.25) is 9.59 Å². The highest BCUT2D eigenvalue weighted by Gasteiger charge is 2.28. The number of rotatable bonds is 6. The molecule has 5 heteroatoms. The fraction of sp³-hybridized carbons (Fsp3) is 0.333. The standard InChI is InChI=1S/C24H28N2O3/c1-25(18-21-10-6-7-11-22(21)29-2)24(28)20-14-16-26(17-15-20)23(27)13-12-19-8-4-3-5-9-19/h3-13,20H,14-18H2,1-2H3/b13-12+. The van der Waals surface area contributed by atoms with E-state index in [1.54, 1.807) is 18.1 Å². The van der Waals surface area contributed by atoms with Crippen molar-refractivity contribution in [3.8, 4) is 5.75 Å². The van der Waals surface area contributed by atoms with Crippen molar-refractivity contribution in [1.82, 2.24) is 9.80 Å². The summed E-state index contributed by atoms with van der Waals surface area (Å²) in [6.45, 7) is 1.73. The lowest BCUT2D eigenvalue weighted by atomic mass is 9.95. The number of carbonyl (C=O) groups is 2. The van der Waals surface area contributed by atoms with E-state index in [4.69, 9.17) is 4.74 Å². The van der Waals surface area contributed by atoms with Gasteiger partial charge >= 0.3 is 0 Å². The first-order valence-corrected chi connectivity index (χ1v) is 9.97. The molecule has 0 saturated carbocycles. The molecule has 0 spiro atoms. The summed E-state index contributed by atoms with van der Waals surface area (Å²) in [7, 11) is 3.47. The molecule has 1 fully saturated rings. The topological polar surface area (TPSA) is 49.9 Å². The summed E-state index contributed by atoms with van der Waals surface area (Å²) in [5, 5.41) is 0. The van der Waals surface area contributed by atoms with Crippen molar-refractivity contribution in [2.24, 2.45) is 5.92 Å². The predicted octanol–water partition coefficient (Wildman–Crippen LogP) is 3.61. The Morgan fingerprint density at radius 1 is 1.07 bits per heavy atom. The van der Waals surface area contributed by atoms with E-state index in [2.05, 4.69) is 0 Å². The van der Waals surface area contributed by atoms with Crippen molar-refractivity contribution >= 4 is 17.9 Å². The molecule has 0 aromatic heterocycles. The fourth-order valence-electron chi connectivity index (χ4n) is 3.66. The summed E-state index contributed by atoms with van der Waals surface area (Å²) in [4.78, 5) is 28.9. The van der Waals surface area contributed by atoms with E-state index in [1.807, 2.05) is 72.6 Å².